The second kappa shape index (κ2) is 14.0. The van der Waals surface area contributed by atoms with Gasteiger partial charge in [-0.25, -0.2) is 0 Å². The number of halogens is 9. The van der Waals surface area contributed by atoms with Crippen LogP contribution in [0.4, 0.5) is 45.5 Å². The summed E-state index contributed by atoms with van der Waals surface area (Å²) in [7, 11) is 3.09. The Balaban J connectivity index is 2.09. The van der Waals surface area contributed by atoms with Crippen molar-refractivity contribution in [2.45, 2.75) is 70.3 Å². The van der Waals surface area contributed by atoms with Crippen molar-refractivity contribution >= 4 is 11.9 Å². The van der Waals surface area contributed by atoms with Gasteiger partial charge in [-0.15, -0.1) is 5.10 Å². The van der Waals surface area contributed by atoms with E-state index in [4.69, 9.17) is 5.11 Å². The first-order chi connectivity index (χ1) is 20.8. The molecular formula is C28H31F9N6O2. The van der Waals surface area contributed by atoms with Gasteiger partial charge in [0.15, 0.2) is 0 Å². The smallest absolute Gasteiger partial charge is 0.416 e. The van der Waals surface area contributed by atoms with Crippen molar-refractivity contribution in [2.24, 2.45) is 7.05 Å². The molecule has 45 heavy (non-hydrogen) atoms. The van der Waals surface area contributed by atoms with Crippen LogP contribution in [-0.2, 0) is 43.5 Å². The van der Waals surface area contributed by atoms with E-state index in [1.165, 1.54) is 13.1 Å². The Morgan fingerprint density at radius 1 is 0.889 bits per heavy atom. The molecule has 0 spiro atoms. The first-order valence-electron chi connectivity index (χ1n) is 13.7. The fraction of sp³-hybridized carbons (Fsp3) is 0.500. The van der Waals surface area contributed by atoms with Crippen LogP contribution in [0.25, 0.3) is 0 Å². The van der Waals surface area contributed by atoms with Crippen LogP contribution in [0.2, 0.25) is 0 Å². The van der Waals surface area contributed by atoms with Gasteiger partial charge in [0.2, 0.25) is 0 Å². The molecule has 1 N–H and O–H groups in total. The standard InChI is InChI=1S/C28H31F9N6O2/c1-4-23(41(2)10-6-5-7-24(44)45)22-9-8-19(26(29,30)31)13-18(22)16-43(25-38-40-42(3)39-25)15-17-11-20(27(32,33)34)14-21(12-17)28(35,36)37/h8-9,11-14,23H,4-7,10,15-16H2,1-3H3,(H,44,45). The Labute approximate surface area is 252 Å². The SMILES string of the molecule is CCC(c1ccc(C(F)(F)F)cc1CN(Cc1cc(C(F)(F)F)cc(C(F)(F)F)c1)c1nnn(C)n1)N(C)CCCCC(=O)O. The Hall–Kier alpha value is -3.89. The Morgan fingerprint density at radius 3 is 1.98 bits per heavy atom. The van der Waals surface area contributed by atoms with Crippen LogP contribution in [0.1, 0.15) is 72.0 Å². The first kappa shape index (κ1) is 35.6. The lowest BCUT2D eigenvalue weighted by molar-refractivity contribution is -0.143. The molecule has 0 fully saturated rings. The minimum Gasteiger partial charge on any atom is -0.481 e. The summed E-state index contributed by atoms with van der Waals surface area (Å²) in [5.41, 5.74) is -4.01. The highest BCUT2D eigenvalue weighted by atomic mass is 19.4. The van der Waals surface area contributed by atoms with E-state index in [9.17, 15) is 44.3 Å². The van der Waals surface area contributed by atoms with Crippen LogP contribution in [0.5, 0.6) is 0 Å². The van der Waals surface area contributed by atoms with Crippen LogP contribution < -0.4 is 4.90 Å². The lowest BCUT2D eigenvalue weighted by Gasteiger charge is -2.31. The number of benzene rings is 2. The topological polar surface area (TPSA) is 87.4 Å². The average Bonchev–Trinajstić information content (AvgIpc) is 3.36. The van der Waals surface area contributed by atoms with Crippen molar-refractivity contribution < 1.29 is 49.4 Å². The molecule has 248 valence electrons. The molecule has 1 heterocycles. The predicted molar refractivity (Wildman–Crippen MR) is 144 cm³/mol. The van der Waals surface area contributed by atoms with Crippen LogP contribution in [0.15, 0.2) is 36.4 Å². The number of unbranched alkanes of at least 4 members (excludes halogenated alkanes) is 1. The Bertz CT molecular complexity index is 1420. The number of nitrogens with zero attached hydrogens (tertiary/aromatic N) is 6. The van der Waals surface area contributed by atoms with Crippen LogP contribution in [-0.4, -0.2) is 49.8 Å². The number of carboxylic acid groups (broad SMARTS) is 1. The molecule has 3 aromatic rings. The molecule has 0 radical (unpaired) electrons. The molecule has 0 aliphatic rings. The molecule has 0 amide bonds. The normalized spacial score (nSPS) is 13.4. The van der Waals surface area contributed by atoms with E-state index in [0.717, 1.165) is 21.8 Å². The van der Waals surface area contributed by atoms with E-state index in [2.05, 4.69) is 15.4 Å². The quantitative estimate of drug-likeness (QED) is 0.155. The number of hydrogen-bond acceptors (Lipinski definition) is 6. The third-order valence-corrected chi connectivity index (χ3v) is 7.06. The monoisotopic (exact) mass is 654 g/mol. The maximum absolute atomic E-state index is 13.8. The molecule has 1 aromatic heterocycles. The molecule has 0 aliphatic heterocycles. The summed E-state index contributed by atoms with van der Waals surface area (Å²) < 4.78 is 123. The second-order valence-corrected chi connectivity index (χ2v) is 10.5. The maximum atomic E-state index is 13.8. The van der Waals surface area contributed by atoms with Crippen LogP contribution >= 0.6 is 0 Å². The fourth-order valence-electron chi connectivity index (χ4n) is 4.94. The molecule has 1 atom stereocenters. The molecule has 0 aliphatic carbocycles. The predicted octanol–water partition coefficient (Wildman–Crippen LogP) is 7.11. The van der Waals surface area contributed by atoms with Gasteiger partial charge >= 0.3 is 24.5 Å². The molecule has 17 heteroatoms. The average molecular weight is 655 g/mol. The molecule has 3 rings (SSSR count). The van der Waals surface area contributed by atoms with E-state index in [0.29, 0.717) is 43.5 Å². The van der Waals surface area contributed by atoms with E-state index >= 15 is 0 Å². The van der Waals surface area contributed by atoms with Gasteiger partial charge in [0.25, 0.3) is 5.95 Å². The number of rotatable bonds is 13. The van der Waals surface area contributed by atoms with Gasteiger partial charge in [-0.2, -0.15) is 44.3 Å². The summed E-state index contributed by atoms with van der Waals surface area (Å²) >= 11 is 0. The molecule has 0 saturated heterocycles. The molecule has 0 saturated carbocycles. The van der Waals surface area contributed by atoms with E-state index in [-0.39, 0.29) is 24.0 Å². The fourth-order valence-corrected chi connectivity index (χ4v) is 4.94. The molecule has 0 bridgehead atoms. The number of carbonyl (C=O) groups is 1. The summed E-state index contributed by atoms with van der Waals surface area (Å²) in [6, 6.07) is 3.65. The lowest BCUT2D eigenvalue weighted by atomic mass is 9.94. The van der Waals surface area contributed by atoms with Gasteiger partial charge in [0.1, 0.15) is 0 Å². The van der Waals surface area contributed by atoms with Crippen molar-refractivity contribution in [1.82, 2.24) is 25.1 Å². The molecular weight excluding hydrogens is 623 g/mol. The number of aryl methyl sites for hydroxylation is 1. The van der Waals surface area contributed by atoms with Gasteiger partial charge in [-0.1, -0.05) is 18.1 Å². The highest BCUT2D eigenvalue weighted by Gasteiger charge is 2.37. The third-order valence-electron chi connectivity index (χ3n) is 7.06. The van der Waals surface area contributed by atoms with Crippen molar-refractivity contribution in [1.29, 1.82) is 0 Å². The highest BCUT2D eigenvalue weighted by molar-refractivity contribution is 5.66. The number of alkyl halides is 9. The summed E-state index contributed by atoms with van der Waals surface area (Å²) in [6.07, 6.45) is -13.7. The van der Waals surface area contributed by atoms with Gasteiger partial charge in [-0.05, 0) is 85.1 Å². The number of aromatic nitrogens is 4. The first-order valence-corrected chi connectivity index (χ1v) is 13.7. The van der Waals surface area contributed by atoms with Gasteiger partial charge in [0.05, 0.1) is 23.7 Å². The van der Waals surface area contributed by atoms with Crippen LogP contribution in [0, 0.1) is 0 Å². The van der Waals surface area contributed by atoms with Crippen molar-refractivity contribution in [2.75, 3.05) is 18.5 Å². The van der Waals surface area contributed by atoms with Gasteiger partial charge in [0, 0.05) is 25.6 Å². The van der Waals surface area contributed by atoms with E-state index in [1.54, 1.807) is 14.0 Å². The maximum Gasteiger partial charge on any atom is 0.416 e. The third kappa shape index (κ3) is 9.80. The molecule has 8 nitrogen and oxygen atoms in total. The Kier molecular flexibility index (Phi) is 11.1. The number of aliphatic carboxylic acids is 1. The number of hydrogen-bond donors (Lipinski definition) is 1. The Morgan fingerprint density at radius 2 is 1.49 bits per heavy atom. The molecule has 1 unspecified atom stereocenters. The second-order valence-electron chi connectivity index (χ2n) is 10.5. The van der Waals surface area contributed by atoms with Crippen molar-refractivity contribution in [3.63, 3.8) is 0 Å². The number of tetrazole rings is 1. The zero-order chi connectivity index (χ0) is 33.7. The van der Waals surface area contributed by atoms with E-state index in [1.807, 2.05) is 4.90 Å². The minimum atomic E-state index is -5.11. The molecule has 2 aromatic carbocycles. The summed E-state index contributed by atoms with van der Waals surface area (Å²) in [5.74, 6) is -1.20. The zero-order valence-electron chi connectivity index (χ0n) is 24.4. The number of carboxylic acids is 1. The zero-order valence-corrected chi connectivity index (χ0v) is 24.4. The van der Waals surface area contributed by atoms with Gasteiger partial charge < -0.3 is 10.0 Å². The highest BCUT2D eigenvalue weighted by Crippen LogP contribution is 2.38. The summed E-state index contributed by atoms with van der Waals surface area (Å²) in [4.78, 5) is 14.9. The number of anilines is 1. The summed E-state index contributed by atoms with van der Waals surface area (Å²) in [5, 5.41) is 20.4. The summed E-state index contributed by atoms with van der Waals surface area (Å²) in [6.45, 7) is 1.15. The van der Waals surface area contributed by atoms with Crippen LogP contribution in [0.3, 0.4) is 0 Å². The van der Waals surface area contributed by atoms with E-state index < -0.39 is 65.9 Å². The largest absolute Gasteiger partial charge is 0.481 e. The van der Waals surface area contributed by atoms with Crippen molar-refractivity contribution in [3.8, 4) is 0 Å². The van der Waals surface area contributed by atoms with Gasteiger partial charge in [-0.3, -0.25) is 9.69 Å². The minimum absolute atomic E-state index is 0.0164. The lowest BCUT2D eigenvalue weighted by Crippen LogP contribution is -2.29. The van der Waals surface area contributed by atoms with Crippen molar-refractivity contribution in [3.05, 3.63) is 69.8 Å².